The van der Waals surface area contributed by atoms with Crippen molar-refractivity contribution in [1.29, 1.82) is 0 Å². The summed E-state index contributed by atoms with van der Waals surface area (Å²) < 4.78 is 6.34. The number of hydrogen-bond acceptors (Lipinski definition) is 3. The molecule has 1 heterocycles. The second-order valence-electron chi connectivity index (χ2n) is 10.4. The maximum atomic E-state index is 12.5. The van der Waals surface area contributed by atoms with Gasteiger partial charge in [0.2, 0.25) is 0 Å². The molecule has 3 nitrogen and oxygen atoms in total. The van der Waals surface area contributed by atoms with Crippen LogP contribution in [0.3, 0.4) is 0 Å². The summed E-state index contributed by atoms with van der Waals surface area (Å²) in [6, 6.07) is 15.0. The highest BCUT2D eigenvalue weighted by Gasteiger charge is 2.43. The van der Waals surface area contributed by atoms with Crippen LogP contribution in [0.2, 0.25) is 0 Å². The summed E-state index contributed by atoms with van der Waals surface area (Å²) >= 11 is 3.68. The quantitative estimate of drug-likeness (QED) is 0.397. The molecule has 2 atom stereocenters. The Morgan fingerprint density at radius 3 is 2.59 bits per heavy atom. The number of likely N-dealkylation sites (tertiary alicyclic amines) is 1. The van der Waals surface area contributed by atoms with Crippen molar-refractivity contribution in [2.45, 2.75) is 70.9 Å². The standard InChI is InChI=1S/C28H40BrNO2/c1-21-10-8-11-22(18-21)25-19-24(29)13-14-26(25)28(31,15-6-7-17-32-5)23-12-9-16-30(20-23)27(2,3)4/h8,10-11,13-14,18-19,23,31H,6-7,9,12,15-17,20H2,1-5H3/t23-,28+/m1/s1. The Morgan fingerprint density at radius 1 is 1.12 bits per heavy atom. The number of piperidine rings is 1. The Kier molecular flexibility index (Phi) is 8.59. The summed E-state index contributed by atoms with van der Waals surface area (Å²) in [5.41, 5.74) is 3.81. The molecule has 1 N–H and O–H groups in total. The molecule has 176 valence electrons. The van der Waals surface area contributed by atoms with Gasteiger partial charge in [-0.1, -0.05) is 51.8 Å². The summed E-state index contributed by atoms with van der Waals surface area (Å²) in [4.78, 5) is 2.55. The van der Waals surface area contributed by atoms with Gasteiger partial charge in [-0.3, -0.25) is 4.90 Å². The normalized spacial score (nSPS) is 19.7. The van der Waals surface area contributed by atoms with Crippen LogP contribution in [-0.4, -0.2) is 42.4 Å². The van der Waals surface area contributed by atoms with Crippen molar-refractivity contribution >= 4 is 15.9 Å². The number of ether oxygens (including phenoxy) is 1. The second kappa shape index (κ2) is 10.8. The summed E-state index contributed by atoms with van der Waals surface area (Å²) in [6.07, 6.45) is 4.83. The molecule has 0 aromatic heterocycles. The van der Waals surface area contributed by atoms with Crippen molar-refractivity contribution in [2.75, 3.05) is 26.8 Å². The molecule has 4 heteroatoms. The highest BCUT2D eigenvalue weighted by atomic mass is 79.9. The van der Waals surface area contributed by atoms with Gasteiger partial charge in [-0.15, -0.1) is 0 Å². The smallest absolute Gasteiger partial charge is 0.0942 e. The molecule has 0 saturated carbocycles. The van der Waals surface area contributed by atoms with E-state index in [1.807, 2.05) is 0 Å². The predicted octanol–water partition coefficient (Wildman–Crippen LogP) is 6.94. The predicted molar refractivity (Wildman–Crippen MR) is 138 cm³/mol. The van der Waals surface area contributed by atoms with Gasteiger partial charge in [0.1, 0.15) is 0 Å². The van der Waals surface area contributed by atoms with Gasteiger partial charge in [0.25, 0.3) is 0 Å². The van der Waals surface area contributed by atoms with Gasteiger partial charge in [0.15, 0.2) is 0 Å². The highest BCUT2D eigenvalue weighted by molar-refractivity contribution is 9.10. The molecule has 0 radical (unpaired) electrons. The van der Waals surface area contributed by atoms with Gasteiger partial charge >= 0.3 is 0 Å². The van der Waals surface area contributed by atoms with Crippen LogP contribution in [0, 0.1) is 12.8 Å². The zero-order valence-corrected chi connectivity index (χ0v) is 22.0. The Morgan fingerprint density at radius 2 is 1.91 bits per heavy atom. The number of benzene rings is 2. The van der Waals surface area contributed by atoms with E-state index in [2.05, 4.69) is 91.0 Å². The number of halogens is 1. The first-order valence-corrected chi connectivity index (χ1v) is 12.8. The van der Waals surface area contributed by atoms with Crippen LogP contribution in [-0.2, 0) is 10.3 Å². The molecule has 1 saturated heterocycles. The summed E-state index contributed by atoms with van der Waals surface area (Å²) in [6.45, 7) is 11.7. The van der Waals surface area contributed by atoms with E-state index in [1.165, 1.54) is 11.1 Å². The van der Waals surface area contributed by atoms with Crippen LogP contribution in [0.4, 0.5) is 0 Å². The van der Waals surface area contributed by atoms with E-state index in [9.17, 15) is 5.11 Å². The second-order valence-corrected chi connectivity index (χ2v) is 11.3. The van der Waals surface area contributed by atoms with E-state index in [0.29, 0.717) is 0 Å². The van der Waals surface area contributed by atoms with Gasteiger partial charge in [0.05, 0.1) is 5.60 Å². The Balaban J connectivity index is 2.06. The first-order chi connectivity index (χ1) is 15.1. The van der Waals surface area contributed by atoms with E-state index < -0.39 is 5.60 Å². The molecule has 1 fully saturated rings. The molecule has 1 aliphatic rings. The minimum atomic E-state index is -0.878. The number of methoxy groups -OCH3 is 1. The molecule has 0 amide bonds. The lowest BCUT2D eigenvalue weighted by molar-refractivity contribution is -0.0737. The SMILES string of the molecule is COCCCC[C@@](O)(c1ccc(Br)cc1-c1cccc(C)c1)[C@@H]1CCCN(C(C)(C)C)C1. The maximum absolute atomic E-state index is 12.5. The molecular formula is C28H40BrNO2. The lowest BCUT2D eigenvalue weighted by atomic mass is 9.71. The van der Waals surface area contributed by atoms with E-state index in [0.717, 1.165) is 67.4 Å². The minimum absolute atomic E-state index is 0.106. The largest absolute Gasteiger partial charge is 0.385 e. The summed E-state index contributed by atoms with van der Waals surface area (Å²) in [5.74, 6) is 0.197. The molecule has 0 bridgehead atoms. The van der Waals surface area contributed by atoms with Crippen LogP contribution < -0.4 is 0 Å². The first kappa shape index (κ1) is 25.4. The Labute approximate surface area is 203 Å². The average Bonchev–Trinajstić information content (AvgIpc) is 2.76. The number of aryl methyl sites for hydroxylation is 1. The molecule has 3 rings (SSSR count). The average molecular weight is 503 g/mol. The zero-order valence-electron chi connectivity index (χ0n) is 20.5. The van der Waals surface area contributed by atoms with Crippen molar-refractivity contribution < 1.29 is 9.84 Å². The Bertz CT molecular complexity index is 891. The third-order valence-electron chi connectivity index (χ3n) is 6.98. The van der Waals surface area contributed by atoms with Crippen molar-refractivity contribution in [3.8, 4) is 11.1 Å². The summed E-state index contributed by atoms with van der Waals surface area (Å²) in [7, 11) is 1.75. The fourth-order valence-corrected chi connectivity index (χ4v) is 5.48. The molecule has 0 unspecified atom stereocenters. The van der Waals surface area contributed by atoms with Crippen LogP contribution >= 0.6 is 15.9 Å². The third kappa shape index (κ3) is 6.02. The summed E-state index contributed by atoms with van der Waals surface area (Å²) in [5, 5.41) is 12.5. The van der Waals surface area contributed by atoms with E-state index in [-0.39, 0.29) is 11.5 Å². The van der Waals surface area contributed by atoms with Gasteiger partial charge in [-0.05, 0) is 95.2 Å². The molecular weight excluding hydrogens is 462 g/mol. The maximum Gasteiger partial charge on any atom is 0.0942 e. The molecule has 32 heavy (non-hydrogen) atoms. The van der Waals surface area contributed by atoms with Gasteiger partial charge in [-0.2, -0.15) is 0 Å². The van der Waals surface area contributed by atoms with Crippen molar-refractivity contribution in [3.05, 3.63) is 58.1 Å². The fourth-order valence-electron chi connectivity index (χ4n) is 5.12. The van der Waals surface area contributed by atoms with Crippen molar-refractivity contribution in [3.63, 3.8) is 0 Å². The third-order valence-corrected chi connectivity index (χ3v) is 7.47. The molecule has 0 aliphatic carbocycles. The van der Waals surface area contributed by atoms with Crippen LogP contribution in [0.1, 0.15) is 64.0 Å². The van der Waals surface area contributed by atoms with E-state index in [1.54, 1.807) is 7.11 Å². The highest BCUT2D eigenvalue weighted by Crippen LogP contribution is 2.45. The van der Waals surface area contributed by atoms with Gasteiger partial charge in [0, 0.05) is 36.2 Å². The van der Waals surface area contributed by atoms with Crippen LogP contribution in [0.5, 0.6) is 0 Å². The Hall–Kier alpha value is -1.20. The van der Waals surface area contributed by atoms with Gasteiger partial charge in [-0.25, -0.2) is 0 Å². The topological polar surface area (TPSA) is 32.7 Å². The number of rotatable bonds is 8. The van der Waals surface area contributed by atoms with E-state index >= 15 is 0 Å². The van der Waals surface area contributed by atoms with Crippen molar-refractivity contribution in [2.24, 2.45) is 5.92 Å². The number of unbranched alkanes of at least 4 members (excludes halogenated alkanes) is 1. The zero-order chi connectivity index (χ0) is 23.4. The minimum Gasteiger partial charge on any atom is -0.385 e. The van der Waals surface area contributed by atoms with Crippen LogP contribution in [0.15, 0.2) is 46.9 Å². The fraction of sp³-hybridized carbons (Fsp3) is 0.571. The van der Waals surface area contributed by atoms with Crippen molar-refractivity contribution in [1.82, 2.24) is 4.90 Å². The molecule has 0 spiro atoms. The lowest BCUT2D eigenvalue weighted by Gasteiger charge is -2.47. The number of nitrogens with zero attached hydrogens (tertiary/aromatic N) is 1. The first-order valence-electron chi connectivity index (χ1n) is 12.0. The lowest BCUT2D eigenvalue weighted by Crippen LogP contribution is -2.52. The number of hydrogen-bond donors (Lipinski definition) is 1. The molecule has 2 aromatic carbocycles. The van der Waals surface area contributed by atoms with Crippen LogP contribution in [0.25, 0.3) is 11.1 Å². The van der Waals surface area contributed by atoms with E-state index in [4.69, 9.17) is 4.74 Å². The van der Waals surface area contributed by atoms with Gasteiger partial charge < -0.3 is 9.84 Å². The number of aliphatic hydroxyl groups is 1. The monoisotopic (exact) mass is 501 g/mol. The molecule has 2 aromatic rings. The molecule has 1 aliphatic heterocycles.